The first-order chi connectivity index (χ1) is 12.7. The highest BCUT2D eigenvalue weighted by molar-refractivity contribution is 5.91. The average molecular weight is 396 g/mol. The Bertz CT molecular complexity index is 733. The molecule has 148 valence electrons. The molecule has 0 spiro atoms. The van der Waals surface area contributed by atoms with Crippen molar-refractivity contribution in [2.45, 2.75) is 31.9 Å². The molecule has 1 amide bonds. The summed E-state index contributed by atoms with van der Waals surface area (Å²) in [6, 6.07) is 7.68. The molecule has 9 heteroatoms. The molecule has 1 aliphatic rings. The van der Waals surface area contributed by atoms with Gasteiger partial charge in [0.2, 0.25) is 0 Å². The van der Waals surface area contributed by atoms with E-state index in [1.54, 1.807) is 18.0 Å². The van der Waals surface area contributed by atoms with E-state index in [0.29, 0.717) is 24.0 Å². The van der Waals surface area contributed by atoms with E-state index in [2.05, 4.69) is 20.9 Å². The van der Waals surface area contributed by atoms with Crippen molar-refractivity contribution in [2.75, 3.05) is 26.7 Å². The standard InChI is InChI=1S/C18H25N5O3.ClH/c1-13(26-16-5-3-4-15(10-16)25-2)11-20-18(24)17-12-23(22-21-17)14-6-8-19-9-7-14;/h3-5,10,12-14,19H,6-9,11H2,1-2H3,(H,20,24);1H. The molecule has 1 atom stereocenters. The second kappa shape index (κ2) is 10.1. The molecule has 2 heterocycles. The van der Waals surface area contributed by atoms with Crippen molar-refractivity contribution in [3.05, 3.63) is 36.2 Å². The van der Waals surface area contributed by atoms with Crippen molar-refractivity contribution in [1.29, 1.82) is 0 Å². The van der Waals surface area contributed by atoms with E-state index in [4.69, 9.17) is 9.47 Å². The summed E-state index contributed by atoms with van der Waals surface area (Å²) < 4.78 is 12.8. The Labute approximate surface area is 165 Å². The lowest BCUT2D eigenvalue weighted by Crippen LogP contribution is -2.33. The molecule has 1 fully saturated rings. The number of carbonyl (C=O) groups excluding carboxylic acids is 1. The molecular weight excluding hydrogens is 370 g/mol. The number of methoxy groups -OCH3 is 1. The van der Waals surface area contributed by atoms with Crippen LogP contribution in [0.2, 0.25) is 0 Å². The molecule has 8 nitrogen and oxygen atoms in total. The van der Waals surface area contributed by atoms with Gasteiger partial charge in [0.05, 0.1) is 25.9 Å². The minimum absolute atomic E-state index is 0. The van der Waals surface area contributed by atoms with Gasteiger partial charge in [-0.3, -0.25) is 4.79 Å². The van der Waals surface area contributed by atoms with Gasteiger partial charge in [0.1, 0.15) is 17.6 Å². The highest BCUT2D eigenvalue weighted by Crippen LogP contribution is 2.20. The number of halogens is 1. The van der Waals surface area contributed by atoms with E-state index in [-0.39, 0.29) is 24.4 Å². The van der Waals surface area contributed by atoms with Crippen LogP contribution in [0.25, 0.3) is 0 Å². The molecule has 2 N–H and O–H groups in total. The SMILES string of the molecule is COc1cccc(OC(C)CNC(=O)c2cn(C3CCNCC3)nn2)c1.Cl. The molecule has 1 aromatic carbocycles. The number of piperidine rings is 1. The lowest BCUT2D eigenvalue weighted by atomic mass is 10.1. The van der Waals surface area contributed by atoms with Gasteiger partial charge < -0.3 is 20.1 Å². The monoisotopic (exact) mass is 395 g/mol. The summed E-state index contributed by atoms with van der Waals surface area (Å²) in [6.07, 6.45) is 3.52. The Morgan fingerprint density at radius 2 is 2.11 bits per heavy atom. The van der Waals surface area contributed by atoms with Gasteiger partial charge >= 0.3 is 0 Å². The van der Waals surface area contributed by atoms with E-state index in [0.717, 1.165) is 31.7 Å². The first-order valence-corrected chi connectivity index (χ1v) is 8.87. The lowest BCUT2D eigenvalue weighted by molar-refractivity contribution is 0.0927. The third-order valence-electron chi connectivity index (χ3n) is 4.35. The molecular formula is C18H26ClN5O3. The topological polar surface area (TPSA) is 90.3 Å². The van der Waals surface area contributed by atoms with Crippen molar-refractivity contribution in [1.82, 2.24) is 25.6 Å². The van der Waals surface area contributed by atoms with E-state index >= 15 is 0 Å². The summed E-state index contributed by atoms with van der Waals surface area (Å²) in [5, 5.41) is 14.3. The second-order valence-electron chi connectivity index (χ2n) is 6.38. The van der Waals surface area contributed by atoms with Crippen molar-refractivity contribution in [3.8, 4) is 11.5 Å². The fourth-order valence-corrected chi connectivity index (χ4v) is 2.91. The van der Waals surface area contributed by atoms with Gasteiger partial charge in [-0.25, -0.2) is 4.68 Å². The number of nitrogens with zero attached hydrogens (tertiary/aromatic N) is 3. The van der Waals surface area contributed by atoms with Gasteiger partial charge in [0, 0.05) is 6.07 Å². The van der Waals surface area contributed by atoms with Gasteiger partial charge in [-0.15, -0.1) is 17.5 Å². The normalized spacial score (nSPS) is 15.5. The quantitative estimate of drug-likeness (QED) is 0.743. The average Bonchev–Trinajstić information content (AvgIpc) is 3.17. The van der Waals surface area contributed by atoms with E-state index in [1.807, 2.05) is 31.2 Å². The molecule has 3 rings (SSSR count). The van der Waals surface area contributed by atoms with Crippen LogP contribution in [-0.4, -0.2) is 53.7 Å². The van der Waals surface area contributed by atoms with Crippen molar-refractivity contribution < 1.29 is 14.3 Å². The van der Waals surface area contributed by atoms with E-state index in [9.17, 15) is 4.79 Å². The predicted molar refractivity (Wildman–Crippen MR) is 104 cm³/mol. The second-order valence-corrected chi connectivity index (χ2v) is 6.38. The van der Waals surface area contributed by atoms with Crippen LogP contribution >= 0.6 is 12.4 Å². The number of hydrogen-bond acceptors (Lipinski definition) is 6. The zero-order chi connectivity index (χ0) is 18.4. The van der Waals surface area contributed by atoms with Crippen LogP contribution in [0.1, 0.15) is 36.3 Å². The highest BCUT2D eigenvalue weighted by atomic mass is 35.5. The number of rotatable bonds is 7. The Hall–Kier alpha value is -2.32. The summed E-state index contributed by atoms with van der Waals surface area (Å²) in [7, 11) is 1.61. The molecule has 0 saturated carbocycles. The molecule has 0 aliphatic carbocycles. The number of nitrogens with one attached hydrogen (secondary N) is 2. The van der Waals surface area contributed by atoms with E-state index < -0.39 is 0 Å². The third kappa shape index (κ3) is 5.83. The van der Waals surface area contributed by atoms with Gasteiger partial charge in [-0.05, 0) is 45.0 Å². The summed E-state index contributed by atoms with van der Waals surface area (Å²) in [5.41, 5.74) is 0.331. The van der Waals surface area contributed by atoms with Crippen LogP contribution in [0.3, 0.4) is 0 Å². The zero-order valence-electron chi connectivity index (χ0n) is 15.6. The maximum atomic E-state index is 12.3. The fraction of sp³-hybridized carbons (Fsp3) is 0.500. The Morgan fingerprint density at radius 3 is 2.85 bits per heavy atom. The first kappa shape index (κ1) is 21.0. The summed E-state index contributed by atoms with van der Waals surface area (Å²) in [4.78, 5) is 12.3. The van der Waals surface area contributed by atoms with Crippen molar-refractivity contribution in [3.63, 3.8) is 0 Å². The number of carbonyl (C=O) groups is 1. The minimum Gasteiger partial charge on any atom is -0.497 e. The van der Waals surface area contributed by atoms with Crippen LogP contribution < -0.4 is 20.1 Å². The van der Waals surface area contributed by atoms with Gasteiger partial charge in [0.25, 0.3) is 5.91 Å². The Balaban J connectivity index is 0.00000261. The van der Waals surface area contributed by atoms with Crippen LogP contribution in [-0.2, 0) is 0 Å². The van der Waals surface area contributed by atoms with Crippen LogP contribution in [0.15, 0.2) is 30.5 Å². The minimum atomic E-state index is -0.244. The first-order valence-electron chi connectivity index (χ1n) is 8.87. The van der Waals surface area contributed by atoms with Gasteiger partial charge in [-0.2, -0.15) is 0 Å². The third-order valence-corrected chi connectivity index (χ3v) is 4.35. The van der Waals surface area contributed by atoms with Gasteiger partial charge in [-0.1, -0.05) is 11.3 Å². The molecule has 2 aromatic rings. The molecule has 1 aliphatic heterocycles. The summed E-state index contributed by atoms with van der Waals surface area (Å²) in [5.74, 6) is 1.18. The molecule has 27 heavy (non-hydrogen) atoms. The number of benzene rings is 1. The smallest absolute Gasteiger partial charge is 0.273 e. The fourth-order valence-electron chi connectivity index (χ4n) is 2.91. The number of amides is 1. The maximum absolute atomic E-state index is 12.3. The molecule has 1 aromatic heterocycles. The molecule has 1 unspecified atom stereocenters. The van der Waals surface area contributed by atoms with Crippen LogP contribution in [0.4, 0.5) is 0 Å². The van der Waals surface area contributed by atoms with Gasteiger partial charge in [0.15, 0.2) is 5.69 Å². The number of aromatic nitrogens is 3. The summed E-state index contributed by atoms with van der Waals surface area (Å²) >= 11 is 0. The number of ether oxygens (including phenoxy) is 2. The largest absolute Gasteiger partial charge is 0.497 e. The molecule has 1 saturated heterocycles. The zero-order valence-corrected chi connectivity index (χ0v) is 16.4. The highest BCUT2D eigenvalue weighted by Gasteiger charge is 2.19. The van der Waals surface area contributed by atoms with Crippen LogP contribution in [0, 0.1) is 0 Å². The van der Waals surface area contributed by atoms with Crippen LogP contribution in [0.5, 0.6) is 11.5 Å². The Morgan fingerprint density at radius 1 is 1.37 bits per heavy atom. The van der Waals surface area contributed by atoms with Crippen molar-refractivity contribution in [2.24, 2.45) is 0 Å². The maximum Gasteiger partial charge on any atom is 0.273 e. The lowest BCUT2D eigenvalue weighted by Gasteiger charge is -2.22. The molecule has 0 radical (unpaired) electrons. The summed E-state index contributed by atoms with van der Waals surface area (Å²) in [6.45, 7) is 4.19. The number of hydrogen-bond donors (Lipinski definition) is 2. The molecule has 0 bridgehead atoms. The Kier molecular flexibility index (Phi) is 7.87. The van der Waals surface area contributed by atoms with E-state index in [1.165, 1.54) is 0 Å². The van der Waals surface area contributed by atoms with Crippen molar-refractivity contribution >= 4 is 18.3 Å². The predicted octanol–water partition coefficient (Wildman–Crippen LogP) is 1.83.